The van der Waals surface area contributed by atoms with Crippen molar-refractivity contribution in [3.63, 3.8) is 0 Å². The first-order valence-electron chi connectivity index (χ1n) is 4.27. The number of nitrogens with two attached hydrogens (primary N) is 1. The molecule has 0 spiro atoms. The van der Waals surface area contributed by atoms with Crippen molar-refractivity contribution < 1.29 is 10.2 Å². The van der Waals surface area contributed by atoms with Crippen molar-refractivity contribution in [1.82, 2.24) is 14.8 Å². The largest absolute Gasteiger partial charge is 0.508 e. The zero-order chi connectivity index (χ0) is 11.0. The topological polar surface area (TPSA) is 97.2 Å². The third kappa shape index (κ3) is 1.56. The van der Waals surface area contributed by atoms with Crippen LogP contribution in [0.1, 0.15) is 0 Å². The Hall–Kier alpha value is -2.24. The number of phenolic OH excluding ortho intramolecular Hbond substituents is 2. The van der Waals surface area contributed by atoms with Crippen LogP contribution in [0, 0.1) is 0 Å². The highest BCUT2D eigenvalue weighted by Gasteiger charge is 2.11. The fraction of sp³-hybridized carbons (Fsp3) is 0.111. The minimum absolute atomic E-state index is 0.0137. The summed E-state index contributed by atoms with van der Waals surface area (Å²) in [6, 6.07) is 4.20. The standard InChI is InChI=1S/C9H10N4O2/c1-13-9(10)11-8(12-13)6-3-2-5(14)4-7(6)15/h2-4,14-15H,1H3,(H2,10,11,12). The molecule has 1 heterocycles. The normalized spacial score (nSPS) is 10.5. The predicted molar refractivity (Wildman–Crippen MR) is 54.2 cm³/mol. The first-order chi connectivity index (χ1) is 7.08. The summed E-state index contributed by atoms with van der Waals surface area (Å²) < 4.78 is 1.40. The number of nitrogen functional groups attached to an aromatic ring is 1. The van der Waals surface area contributed by atoms with Gasteiger partial charge in [0, 0.05) is 13.1 Å². The molecule has 78 valence electrons. The van der Waals surface area contributed by atoms with Crippen LogP contribution < -0.4 is 5.73 Å². The van der Waals surface area contributed by atoms with Gasteiger partial charge in [0.15, 0.2) is 5.82 Å². The molecule has 0 bridgehead atoms. The Balaban J connectivity index is 2.54. The van der Waals surface area contributed by atoms with Crippen LogP contribution in [-0.4, -0.2) is 25.0 Å². The van der Waals surface area contributed by atoms with E-state index in [9.17, 15) is 5.11 Å². The second-order valence-electron chi connectivity index (χ2n) is 3.12. The van der Waals surface area contributed by atoms with Gasteiger partial charge in [-0.05, 0) is 12.1 Å². The number of hydrogen-bond donors (Lipinski definition) is 3. The molecule has 4 N–H and O–H groups in total. The zero-order valence-corrected chi connectivity index (χ0v) is 8.05. The van der Waals surface area contributed by atoms with Gasteiger partial charge in [-0.1, -0.05) is 0 Å². The molecule has 0 aliphatic carbocycles. The molecule has 0 amide bonds. The summed E-state index contributed by atoms with van der Waals surface area (Å²) >= 11 is 0. The minimum Gasteiger partial charge on any atom is -0.508 e. The van der Waals surface area contributed by atoms with Gasteiger partial charge in [-0.25, -0.2) is 4.68 Å². The van der Waals surface area contributed by atoms with Crippen molar-refractivity contribution in [3.8, 4) is 22.9 Å². The molecule has 0 radical (unpaired) electrons. The van der Waals surface area contributed by atoms with Crippen LogP contribution in [0.25, 0.3) is 11.4 Å². The highest BCUT2D eigenvalue weighted by molar-refractivity contribution is 5.65. The van der Waals surface area contributed by atoms with Crippen molar-refractivity contribution in [2.24, 2.45) is 7.05 Å². The molecule has 0 saturated carbocycles. The third-order valence-electron chi connectivity index (χ3n) is 2.02. The van der Waals surface area contributed by atoms with Crippen LogP contribution in [0.5, 0.6) is 11.5 Å². The Morgan fingerprint density at radius 2 is 2.07 bits per heavy atom. The van der Waals surface area contributed by atoms with Gasteiger partial charge >= 0.3 is 0 Å². The molecule has 0 aliphatic rings. The van der Waals surface area contributed by atoms with E-state index in [0.717, 1.165) is 0 Å². The molecule has 2 aromatic rings. The van der Waals surface area contributed by atoms with Crippen LogP contribution in [0.3, 0.4) is 0 Å². The van der Waals surface area contributed by atoms with Gasteiger partial charge < -0.3 is 15.9 Å². The molecule has 1 aromatic heterocycles. The number of phenols is 2. The molecule has 2 rings (SSSR count). The Bertz CT molecular complexity index is 487. The number of anilines is 1. The minimum atomic E-state index is -0.0828. The molecule has 15 heavy (non-hydrogen) atoms. The maximum Gasteiger partial charge on any atom is 0.218 e. The summed E-state index contributed by atoms with van der Waals surface area (Å²) in [6.45, 7) is 0. The smallest absolute Gasteiger partial charge is 0.218 e. The molecule has 6 nitrogen and oxygen atoms in total. The second-order valence-corrected chi connectivity index (χ2v) is 3.12. The SMILES string of the molecule is Cn1nc(-c2ccc(O)cc2O)nc1N. The van der Waals surface area contributed by atoms with Crippen LogP contribution >= 0.6 is 0 Å². The number of aromatic nitrogens is 3. The summed E-state index contributed by atoms with van der Waals surface area (Å²) in [5.41, 5.74) is 5.95. The van der Waals surface area contributed by atoms with E-state index >= 15 is 0 Å². The van der Waals surface area contributed by atoms with E-state index in [1.54, 1.807) is 7.05 Å². The molecule has 1 aromatic carbocycles. The first-order valence-corrected chi connectivity index (χ1v) is 4.27. The van der Waals surface area contributed by atoms with E-state index in [1.807, 2.05) is 0 Å². The van der Waals surface area contributed by atoms with Gasteiger partial charge in [-0.3, -0.25) is 0 Å². The number of nitrogens with zero attached hydrogens (tertiary/aromatic N) is 3. The molecule has 0 fully saturated rings. The summed E-state index contributed by atoms with van der Waals surface area (Å²) in [6.07, 6.45) is 0. The molecule has 0 unspecified atom stereocenters. The van der Waals surface area contributed by atoms with Crippen molar-refractivity contribution in [2.75, 3.05) is 5.73 Å². The molecule has 0 aliphatic heterocycles. The number of aryl methyl sites for hydroxylation is 1. The molecule has 0 atom stereocenters. The Morgan fingerprint density at radius 1 is 1.33 bits per heavy atom. The number of hydrogen-bond acceptors (Lipinski definition) is 5. The quantitative estimate of drug-likeness (QED) is 0.630. The summed E-state index contributed by atoms with van der Waals surface area (Å²) in [5.74, 6) is 0.491. The van der Waals surface area contributed by atoms with E-state index in [2.05, 4.69) is 10.1 Å². The van der Waals surface area contributed by atoms with E-state index < -0.39 is 0 Å². The number of aromatic hydroxyl groups is 2. The predicted octanol–water partition coefficient (Wildman–Crippen LogP) is 0.475. The Morgan fingerprint density at radius 3 is 2.60 bits per heavy atom. The molecular formula is C9H10N4O2. The fourth-order valence-electron chi connectivity index (χ4n) is 1.22. The van der Waals surface area contributed by atoms with E-state index in [-0.39, 0.29) is 17.4 Å². The van der Waals surface area contributed by atoms with Crippen LogP contribution in [0.2, 0.25) is 0 Å². The van der Waals surface area contributed by atoms with Gasteiger partial charge in [0.25, 0.3) is 0 Å². The molecule has 0 saturated heterocycles. The van der Waals surface area contributed by atoms with Gasteiger partial charge in [0.1, 0.15) is 11.5 Å². The second kappa shape index (κ2) is 3.16. The average molecular weight is 206 g/mol. The van der Waals surface area contributed by atoms with Gasteiger partial charge in [-0.15, -0.1) is 5.10 Å². The Labute approximate surface area is 85.6 Å². The van der Waals surface area contributed by atoms with Crippen molar-refractivity contribution in [2.45, 2.75) is 0 Å². The Kier molecular flexibility index (Phi) is 1.96. The lowest BCUT2D eigenvalue weighted by Gasteiger charge is -1.99. The van der Waals surface area contributed by atoms with Gasteiger partial charge in [0.05, 0.1) is 5.56 Å². The lowest BCUT2D eigenvalue weighted by Crippen LogP contribution is -1.97. The van der Waals surface area contributed by atoms with Crippen LogP contribution in [-0.2, 0) is 7.05 Å². The fourth-order valence-corrected chi connectivity index (χ4v) is 1.22. The zero-order valence-electron chi connectivity index (χ0n) is 8.05. The lowest BCUT2D eigenvalue weighted by atomic mass is 10.2. The maximum atomic E-state index is 9.55. The summed E-state index contributed by atoms with van der Waals surface area (Å²) in [7, 11) is 1.66. The highest BCUT2D eigenvalue weighted by Crippen LogP contribution is 2.29. The maximum absolute atomic E-state index is 9.55. The van der Waals surface area contributed by atoms with Crippen molar-refractivity contribution >= 4 is 5.95 Å². The number of benzene rings is 1. The van der Waals surface area contributed by atoms with E-state index in [1.165, 1.54) is 22.9 Å². The summed E-state index contributed by atoms with van der Waals surface area (Å²) in [5, 5.41) is 22.7. The molecule has 6 heteroatoms. The summed E-state index contributed by atoms with van der Waals surface area (Å²) in [4.78, 5) is 3.96. The first kappa shape index (κ1) is 9.32. The van der Waals surface area contributed by atoms with Crippen LogP contribution in [0.4, 0.5) is 5.95 Å². The van der Waals surface area contributed by atoms with Gasteiger partial charge in [0.2, 0.25) is 5.95 Å². The monoisotopic (exact) mass is 206 g/mol. The van der Waals surface area contributed by atoms with Gasteiger partial charge in [-0.2, -0.15) is 4.98 Å². The molecular weight excluding hydrogens is 196 g/mol. The average Bonchev–Trinajstić information content (AvgIpc) is 2.46. The third-order valence-corrected chi connectivity index (χ3v) is 2.02. The lowest BCUT2D eigenvalue weighted by molar-refractivity contribution is 0.451. The van der Waals surface area contributed by atoms with Crippen LogP contribution in [0.15, 0.2) is 18.2 Å². The van der Waals surface area contributed by atoms with E-state index in [4.69, 9.17) is 10.8 Å². The van der Waals surface area contributed by atoms with Crippen molar-refractivity contribution in [3.05, 3.63) is 18.2 Å². The highest BCUT2D eigenvalue weighted by atomic mass is 16.3. The van der Waals surface area contributed by atoms with Crippen molar-refractivity contribution in [1.29, 1.82) is 0 Å². The van der Waals surface area contributed by atoms with E-state index in [0.29, 0.717) is 11.4 Å². The number of rotatable bonds is 1.